The van der Waals surface area contributed by atoms with E-state index in [4.69, 9.17) is 14.5 Å². The summed E-state index contributed by atoms with van der Waals surface area (Å²) >= 11 is 0. The van der Waals surface area contributed by atoms with Gasteiger partial charge in [-0.1, -0.05) is 36.4 Å². The molecular weight excluding hydrogens is 428 g/mol. The van der Waals surface area contributed by atoms with Crippen LogP contribution in [0.3, 0.4) is 0 Å². The van der Waals surface area contributed by atoms with Crippen LogP contribution in [0.5, 0.6) is 0 Å². The third kappa shape index (κ3) is 3.59. The lowest BCUT2D eigenvalue weighted by Gasteiger charge is -2.06. The van der Waals surface area contributed by atoms with E-state index in [0.717, 1.165) is 49.6 Å². The van der Waals surface area contributed by atoms with E-state index in [1.165, 1.54) is 0 Å². The second-order valence-corrected chi connectivity index (χ2v) is 8.04. The van der Waals surface area contributed by atoms with Crippen LogP contribution in [0.2, 0.25) is 0 Å². The molecule has 0 aliphatic rings. The number of hydrogen-bond donors (Lipinski definition) is 2. The fraction of sp³-hybridized carbons (Fsp3) is 0.154. The van der Waals surface area contributed by atoms with Crippen LogP contribution in [0.25, 0.3) is 55.5 Å². The average Bonchev–Trinajstić information content (AvgIpc) is 3.50. The van der Waals surface area contributed by atoms with E-state index in [1.807, 2.05) is 48.9 Å². The number of fused-ring (bicyclic) bond motifs is 3. The Bertz CT molecular complexity index is 1620. The van der Waals surface area contributed by atoms with E-state index in [2.05, 4.69) is 43.3 Å². The molecule has 168 valence electrons. The van der Waals surface area contributed by atoms with Gasteiger partial charge in [-0.25, -0.2) is 9.97 Å². The van der Waals surface area contributed by atoms with Gasteiger partial charge < -0.3 is 14.5 Å². The van der Waals surface area contributed by atoms with Gasteiger partial charge in [-0.15, -0.1) is 0 Å². The molecule has 0 aliphatic carbocycles. The minimum atomic E-state index is 0.464. The standard InChI is InChI=1S/C26H22N6O2/c1-33-9-10-34-15-17-6-4-8-22-23(17)30-26(29-22)24-20-11-18(13-28-25(20)32-31-24)21-14-27-12-16-5-2-3-7-19(16)21/h2-8,11-14H,9-10,15H2,1H3,(H,29,30)(H,28,31,32). The number of rotatable bonds is 7. The van der Waals surface area contributed by atoms with Gasteiger partial charge in [0.15, 0.2) is 11.5 Å². The summed E-state index contributed by atoms with van der Waals surface area (Å²) in [6, 6.07) is 16.3. The van der Waals surface area contributed by atoms with Crippen molar-refractivity contribution in [3.8, 4) is 22.6 Å². The van der Waals surface area contributed by atoms with Crippen molar-refractivity contribution in [3.05, 3.63) is 72.7 Å². The lowest BCUT2D eigenvalue weighted by atomic mass is 10.0. The number of nitrogens with zero attached hydrogens (tertiary/aromatic N) is 4. The Morgan fingerprint density at radius 3 is 2.82 bits per heavy atom. The Morgan fingerprint density at radius 1 is 0.941 bits per heavy atom. The summed E-state index contributed by atoms with van der Waals surface area (Å²) < 4.78 is 10.8. The van der Waals surface area contributed by atoms with E-state index >= 15 is 0 Å². The van der Waals surface area contributed by atoms with Crippen molar-refractivity contribution in [3.63, 3.8) is 0 Å². The lowest BCUT2D eigenvalue weighted by Crippen LogP contribution is -2.02. The number of H-pyrrole nitrogens is 2. The molecule has 4 aromatic heterocycles. The number of ether oxygens (including phenoxy) is 2. The van der Waals surface area contributed by atoms with E-state index in [-0.39, 0.29) is 0 Å². The quantitative estimate of drug-likeness (QED) is 0.336. The maximum Gasteiger partial charge on any atom is 0.159 e. The second kappa shape index (κ2) is 8.66. The molecule has 8 nitrogen and oxygen atoms in total. The number of imidazole rings is 1. The van der Waals surface area contributed by atoms with E-state index < -0.39 is 0 Å². The van der Waals surface area contributed by atoms with Crippen LogP contribution in [0.4, 0.5) is 0 Å². The molecule has 0 aliphatic heterocycles. The highest BCUT2D eigenvalue weighted by molar-refractivity contribution is 5.99. The highest BCUT2D eigenvalue weighted by Gasteiger charge is 2.16. The minimum Gasteiger partial charge on any atom is -0.382 e. The number of para-hydroxylation sites is 1. The number of aromatic amines is 2. The molecule has 6 rings (SSSR count). The highest BCUT2D eigenvalue weighted by atomic mass is 16.5. The van der Waals surface area contributed by atoms with Gasteiger partial charge in [0.05, 0.1) is 36.2 Å². The van der Waals surface area contributed by atoms with Crippen LogP contribution in [-0.4, -0.2) is 50.5 Å². The molecule has 0 unspecified atom stereocenters. The summed E-state index contributed by atoms with van der Waals surface area (Å²) in [6.45, 7) is 1.56. The molecule has 0 amide bonds. The number of pyridine rings is 2. The SMILES string of the molecule is COCCOCc1cccc2[nH]c(-c3n[nH]c4ncc(-c5cncc6ccccc56)cc34)nc12. The molecule has 8 heteroatoms. The molecule has 34 heavy (non-hydrogen) atoms. The fourth-order valence-corrected chi connectivity index (χ4v) is 4.22. The van der Waals surface area contributed by atoms with Crippen LogP contribution in [0.15, 0.2) is 67.1 Å². The number of methoxy groups -OCH3 is 1. The third-order valence-corrected chi connectivity index (χ3v) is 5.91. The molecule has 2 aromatic carbocycles. The summed E-state index contributed by atoms with van der Waals surface area (Å²) in [6.07, 6.45) is 5.60. The number of hydrogen-bond acceptors (Lipinski definition) is 6. The molecule has 0 saturated carbocycles. The van der Waals surface area contributed by atoms with Gasteiger partial charge >= 0.3 is 0 Å². The number of nitrogens with one attached hydrogen (secondary N) is 2. The first-order chi connectivity index (χ1) is 16.8. The van der Waals surface area contributed by atoms with Gasteiger partial charge in [0.25, 0.3) is 0 Å². The Balaban J connectivity index is 1.42. The van der Waals surface area contributed by atoms with Crippen molar-refractivity contribution in [1.82, 2.24) is 30.1 Å². The summed E-state index contributed by atoms with van der Waals surface area (Å²) in [5.41, 5.74) is 6.24. The summed E-state index contributed by atoms with van der Waals surface area (Å²) in [7, 11) is 1.66. The first-order valence-corrected chi connectivity index (χ1v) is 11.0. The smallest absolute Gasteiger partial charge is 0.159 e. The second-order valence-electron chi connectivity index (χ2n) is 8.04. The minimum absolute atomic E-state index is 0.464. The predicted octanol–water partition coefficient (Wildman–Crippen LogP) is 4.88. The molecular formula is C26H22N6O2. The van der Waals surface area contributed by atoms with Crippen LogP contribution in [0, 0.1) is 0 Å². The summed E-state index contributed by atoms with van der Waals surface area (Å²) in [5.74, 6) is 0.681. The first kappa shape index (κ1) is 20.5. The van der Waals surface area contributed by atoms with Crippen molar-refractivity contribution >= 4 is 32.8 Å². The van der Waals surface area contributed by atoms with Crippen LogP contribution in [-0.2, 0) is 16.1 Å². The molecule has 6 aromatic rings. The largest absolute Gasteiger partial charge is 0.382 e. The van der Waals surface area contributed by atoms with Crippen molar-refractivity contribution in [1.29, 1.82) is 0 Å². The van der Waals surface area contributed by atoms with Crippen molar-refractivity contribution in [2.24, 2.45) is 0 Å². The molecule has 0 radical (unpaired) electrons. The van der Waals surface area contributed by atoms with Crippen LogP contribution in [0.1, 0.15) is 5.56 Å². The van der Waals surface area contributed by atoms with Gasteiger partial charge in [-0.3, -0.25) is 10.1 Å². The van der Waals surface area contributed by atoms with Gasteiger partial charge in [0.2, 0.25) is 0 Å². The summed E-state index contributed by atoms with van der Waals surface area (Å²) in [5, 5.41) is 10.7. The number of aromatic nitrogens is 6. The van der Waals surface area contributed by atoms with Crippen LogP contribution < -0.4 is 0 Å². The van der Waals surface area contributed by atoms with Crippen molar-refractivity contribution in [2.75, 3.05) is 20.3 Å². The average molecular weight is 451 g/mol. The Kier molecular flexibility index (Phi) is 5.21. The van der Waals surface area contributed by atoms with Crippen LogP contribution >= 0.6 is 0 Å². The molecule has 0 spiro atoms. The fourth-order valence-electron chi connectivity index (χ4n) is 4.22. The predicted molar refractivity (Wildman–Crippen MR) is 131 cm³/mol. The van der Waals surface area contributed by atoms with Gasteiger partial charge in [-0.2, -0.15) is 5.10 Å². The molecule has 0 saturated heterocycles. The molecule has 4 heterocycles. The highest BCUT2D eigenvalue weighted by Crippen LogP contribution is 2.32. The van der Waals surface area contributed by atoms with Crippen molar-refractivity contribution < 1.29 is 9.47 Å². The Labute approximate surface area is 195 Å². The lowest BCUT2D eigenvalue weighted by molar-refractivity contribution is 0.0621. The molecule has 0 atom stereocenters. The topological polar surface area (TPSA) is 102 Å². The zero-order valence-electron chi connectivity index (χ0n) is 18.6. The van der Waals surface area contributed by atoms with E-state index in [9.17, 15) is 0 Å². The summed E-state index contributed by atoms with van der Waals surface area (Å²) in [4.78, 5) is 17.3. The number of benzene rings is 2. The van der Waals surface area contributed by atoms with Gasteiger partial charge in [0.1, 0.15) is 5.69 Å². The molecule has 0 fully saturated rings. The zero-order chi connectivity index (χ0) is 22.9. The van der Waals surface area contributed by atoms with E-state index in [0.29, 0.717) is 31.3 Å². The Hall–Kier alpha value is -4.14. The third-order valence-electron chi connectivity index (χ3n) is 5.91. The monoisotopic (exact) mass is 450 g/mol. The van der Waals surface area contributed by atoms with Gasteiger partial charge in [-0.05, 0) is 17.5 Å². The first-order valence-electron chi connectivity index (χ1n) is 11.0. The molecule has 2 N–H and O–H groups in total. The normalized spacial score (nSPS) is 11.7. The van der Waals surface area contributed by atoms with Crippen molar-refractivity contribution in [2.45, 2.75) is 6.61 Å². The van der Waals surface area contributed by atoms with Gasteiger partial charge in [0, 0.05) is 47.8 Å². The maximum atomic E-state index is 5.72. The maximum absolute atomic E-state index is 5.72. The van der Waals surface area contributed by atoms with E-state index in [1.54, 1.807) is 7.11 Å². The zero-order valence-corrected chi connectivity index (χ0v) is 18.6. The Morgan fingerprint density at radius 2 is 1.88 bits per heavy atom. The molecule has 0 bridgehead atoms.